The summed E-state index contributed by atoms with van der Waals surface area (Å²) in [6, 6.07) is 96.1. The Labute approximate surface area is 564 Å². The maximum Gasteiger partial charge on any atom is 0.417 e. The molecule has 20 rings (SSSR count). The monoisotopic (exact) mass is 1310 g/mol. The van der Waals surface area contributed by atoms with E-state index < -0.39 is 34.6 Å². The van der Waals surface area contributed by atoms with Crippen molar-refractivity contribution in [3.8, 4) is 51.3 Å². The van der Waals surface area contributed by atoms with Crippen LogP contribution in [0.15, 0.2) is 297 Å². The number of nitrogens with zero attached hydrogens (tertiary/aromatic N) is 7. The first-order chi connectivity index (χ1) is 48.9. The smallest absolute Gasteiger partial charge is 0.309 e. The summed E-state index contributed by atoms with van der Waals surface area (Å²) in [5.41, 5.74) is 7.54. The van der Waals surface area contributed by atoms with Gasteiger partial charge in [0.05, 0.1) is 94.3 Å². The highest BCUT2D eigenvalue weighted by atomic mass is 19.4. The molecule has 0 saturated carbocycles. The highest BCUT2D eigenvalue weighted by molar-refractivity contribution is 6.17. The SMILES string of the molecule is N#Cc1cc(-n2c3cc(-n4c5ccccc5c5ccccc54)ccc3c3ccc(-n4c5ccccc5c5ccccc54)cc32)c(-c2c(C(F)(F)F)cccc2C(F)(F)F)cc1-n1c2cc(-n3c4ccccc4c4ccccc43)ccc2c2ccc(-n3c4ccccc4c4ccccc43)cc21. The Morgan fingerprint density at radius 2 is 0.470 bits per heavy atom. The summed E-state index contributed by atoms with van der Waals surface area (Å²) in [4.78, 5) is 0. The molecule has 0 atom stereocenters. The molecule has 0 fully saturated rings. The molecular weight excluding hydrogens is 1260 g/mol. The number of halogens is 6. The average molecular weight is 1310 g/mol. The van der Waals surface area contributed by atoms with E-state index in [2.05, 4.69) is 97.1 Å². The Kier molecular flexibility index (Phi) is 12.0. The van der Waals surface area contributed by atoms with Crippen molar-refractivity contribution in [3.05, 3.63) is 314 Å². The lowest BCUT2D eigenvalue weighted by Gasteiger charge is -2.24. The quantitative estimate of drug-likeness (QED) is 0.147. The van der Waals surface area contributed by atoms with Gasteiger partial charge in [-0.15, -0.1) is 0 Å². The van der Waals surface area contributed by atoms with Crippen LogP contribution in [0.5, 0.6) is 0 Å². The predicted molar refractivity (Wildman–Crippen MR) is 393 cm³/mol. The zero-order valence-electron chi connectivity index (χ0n) is 52.7. The van der Waals surface area contributed by atoms with Crippen LogP contribution < -0.4 is 0 Å². The lowest BCUT2D eigenvalue weighted by molar-refractivity contribution is -0.142. The summed E-state index contributed by atoms with van der Waals surface area (Å²) in [7, 11) is 0. The molecule has 0 unspecified atom stereocenters. The largest absolute Gasteiger partial charge is 0.417 e. The van der Waals surface area contributed by atoms with E-state index >= 15 is 26.3 Å². The van der Waals surface area contributed by atoms with Gasteiger partial charge in [-0.25, -0.2) is 0 Å². The highest BCUT2D eigenvalue weighted by Crippen LogP contribution is 2.51. The molecule has 20 aromatic rings. The third kappa shape index (κ3) is 8.16. The van der Waals surface area contributed by atoms with Crippen molar-refractivity contribution in [2.75, 3.05) is 0 Å². The van der Waals surface area contributed by atoms with Gasteiger partial charge in [-0.05, 0) is 121 Å². The van der Waals surface area contributed by atoms with E-state index in [1.54, 1.807) is 4.57 Å². The van der Waals surface area contributed by atoms with E-state index in [4.69, 9.17) is 0 Å². The normalized spacial score (nSPS) is 12.5. The molecule has 6 heterocycles. The summed E-state index contributed by atoms with van der Waals surface area (Å²) < 4.78 is 111. The van der Waals surface area contributed by atoms with Crippen molar-refractivity contribution >= 4 is 131 Å². The standard InChI is InChI=1S/C87H49F6N7/c88-86(89,90)69-26-17-27-70(87(91,92)93)85(69)68-49-79(99-81-45-52(95-71-28-9-1-18-56(71)57-19-2-10-29-72(57)95)36-40-64(81)65-41-37-53(46-82(65)99)96-73-30-11-3-20-58(73)59-21-4-12-31-74(59)96)51(50-94)44-80(68)100-83-47-54(97-75-32-13-5-22-60(75)61-23-6-14-33-76(61)97)38-42-66(83)67-43-39-55(48-84(67)100)98-77-34-15-7-24-62(77)63-25-8-16-35-78(63)98/h1-49H. The molecule has 0 spiro atoms. The van der Waals surface area contributed by atoms with Gasteiger partial charge in [-0.1, -0.05) is 176 Å². The molecule has 0 N–H and O–H groups in total. The third-order valence-corrected chi connectivity index (χ3v) is 20.5. The van der Waals surface area contributed by atoms with Crippen LogP contribution in [0.25, 0.3) is 176 Å². The van der Waals surface area contributed by atoms with Crippen molar-refractivity contribution in [1.82, 2.24) is 27.4 Å². The average Bonchev–Trinajstić information content (AvgIpc) is 1.47. The number of nitriles is 1. The summed E-state index contributed by atoms with van der Waals surface area (Å²) in [5.74, 6) is 0. The summed E-state index contributed by atoms with van der Waals surface area (Å²) in [5, 5.41) is 23.0. The van der Waals surface area contributed by atoms with E-state index in [1.807, 2.05) is 199 Å². The second kappa shape index (κ2) is 21.0. The number of benzene rings is 14. The van der Waals surface area contributed by atoms with Crippen LogP contribution in [0.1, 0.15) is 16.7 Å². The first-order valence-corrected chi connectivity index (χ1v) is 32.9. The van der Waals surface area contributed by atoms with Gasteiger partial charge in [0.2, 0.25) is 0 Å². The molecule has 0 aliphatic rings. The van der Waals surface area contributed by atoms with Crippen LogP contribution in [-0.4, -0.2) is 27.4 Å². The fraction of sp³-hybridized carbons (Fsp3) is 0.0230. The first kappa shape index (κ1) is 57.2. The third-order valence-electron chi connectivity index (χ3n) is 20.5. The molecule has 0 bridgehead atoms. The van der Waals surface area contributed by atoms with E-state index in [1.165, 1.54) is 12.1 Å². The van der Waals surface area contributed by atoms with Crippen LogP contribution in [0.3, 0.4) is 0 Å². The van der Waals surface area contributed by atoms with Crippen LogP contribution in [0, 0.1) is 11.3 Å². The Morgan fingerprint density at radius 1 is 0.230 bits per heavy atom. The van der Waals surface area contributed by atoms with Crippen LogP contribution in [-0.2, 0) is 12.4 Å². The molecule has 0 radical (unpaired) electrons. The molecule has 100 heavy (non-hydrogen) atoms. The van der Waals surface area contributed by atoms with E-state index in [9.17, 15) is 5.26 Å². The van der Waals surface area contributed by atoms with Crippen LogP contribution >= 0.6 is 0 Å². The van der Waals surface area contributed by atoms with E-state index in [-0.39, 0.29) is 16.9 Å². The zero-order valence-corrected chi connectivity index (χ0v) is 52.7. The number of para-hydroxylation sites is 8. The number of aromatic nitrogens is 6. The minimum atomic E-state index is -5.32. The molecule has 6 aromatic heterocycles. The number of fused-ring (bicyclic) bond motifs is 18. The van der Waals surface area contributed by atoms with Crippen molar-refractivity contribution in [3.63, 3.8) is 0 Å². The number of rotatable bonds is 7. The Morgan fingerprint density at radius 3 is 0.720 bits per heavy atom. The van der Waals surface area contributed by atoms with Crippen LogP contribution in [0.4, 0.5) is 26.3 Å². The van der Waals surface area contributed by atoms with Gasteiger partial charge < -0.3 is 27.4 Å². The van der Waals surface area contributed by atoms with Crippen molar-refractivity contribution < 1.29 is 26.3 Å². The highest BCUT2D eigenvalue weighted by Gasteiger charge is 2.42. The molecule has 0 saturated heterocycles. The molecular formula is C87H49F6N7. The molecule has 0 aliphatic carbocycles. The summed E-state index contributed by atoms with van der Waals surface area (Å²) in [6.07, 6.45) is -10.6. The lowest BCUT2D eigenvalue weighted by Crippen LogP contribution is -2.15. The van der Waals surface area contributed by atoms with Gasteiger partial charge in [-0.3, -0.25) is 0 Å². The lowest BCUT2D eigenvalue weighted by atomic mass is 9.90. The first-order valence-electron chi connectivity index (χ1n) is 32.9. The minimum absolute atomic E-state index is 0.0211. The number of hydrogen-bond acceptors (Lipinski definition) is 1. The zero-order chi connectivity index (χ0) is 67.0. The van der Waals surface area contributed by atoms with Gasteiger partial charge >= 0.3 is 12.4 Å². The maximum absolute atomic E-state index is 16.5. The molecule has 13 heteroatoms. The second-order valence-corrected chi connectivity index (χ2v) is 25.7. The van der Waals surface area contributed by atoms with E-state index in [0.717, 1.165) is 128 Å². The molecule has 0 aliphatic heterocycles. The maximum atomic E-state index is 16.5. The topological polar surface area (TPSA) is 53.4 Å². The fourth-order valence-corrected chi connectivity index (χ4v) is 16.4. The minimum Gasteiger partial charge on any atom is -0.309 e. The summed E-state index contributed by atoms with van der Waals surface area (Å²) in [6.45, 7) is 0. The Bertz CT molecular complexity index is 6390. The number of hydrogen-bond donors (Lipinski definition) is 0. The Balaban J connectivity index is 0.951. The van der Waals surface area contributed by atoms with Gasteiger partial charge in [0.1, 0.15) is 6.07 Å². The van der Waals surface area contributed by atoms with Gasteiger partial charge in [0.25, 0.3) is 0 Å². The van der Waals surface area contributed by atoms with Gasteiger partial charge in [0, 0.05) is 98.5 Å². The predicted octanol–water partition coefficient (Wildman–Crippen LogP) is 23.8. The fourth-order valence-electron chi connectivity index (χ4n) is 16.4. The van der Waals surface area contributed by atoms with Crippen molar-refractivity contribution in [1.29, 1.82) is 5.26 Å². The number of alkyl halides is 6. The van der Waals surface area contributed by atoms with E-state index in [0.29, 0.717) is 44.2 Å². The Hall–Kier alpha value is -13.1. The summed E-state index contributed by atoms with van der Waals surface area (Å²) >= 11 is 0. The molecule has 14 aromatic carbocycles. The molecule has 7 nitrogen and oxygen atoms in total. The molecule has 0 amide bonds. The van der Waals surface area contributed by atoms with Gasteiger partial charge in [-0.2, -0.15) is 31.6 Å². The van der Waals surface area contributed by atoms with Crippen LogP contribution in [0.2, 0.25) is 0 Å². The van der Waals surface area contributed by atoms with Gasteiger partial charge in [0.15, 0.2) is 0 Å². The van der Waals surface area contributed by atoms with Crippen molar-refractivity contribution in [2.45, 2.75) is 12.4 Å². The molecule has 474 valence electrons. The second-order valence-electron chi connectivity index (χ2n) is 25.7. The van der Waals surface area contributed by atoms with Crippen molar-refractivity contribution in [2.24, 2.45) is 0 Å².